The van der Waals surface area contributed by atoms with Crippen LogP contribution in [-0.4, -0.2) is 36.6 Å². The summed E-state index contributed by atoms with van der Waals surface area (Å²) < 4.78 is 0. The summed E-state index contributed by atoms with van der Waals surface area (Å²) in [6, 6.07) is 18.4. The SMILES string of the molecule is CC[c-]1cccc1.CO.CO.CO.[Ti+2].c1cc[cH-]c1. The molecule has 0 aliphatic carbocycles. The first kappa shape index (κ1) is 26.8. The van der Waals surface area contributed by atoms with E-state index in [0.29, 0.717) is 0 Å². The fourth-order valence-electron chi connectivity index (χ4n) is 0.970. The Morgan fingerprint density at radius 3 is 1.32 bits per heavy atom. The van der Waals surface area contributed by atoms with Crippen LogP contribution in [0.4, 0.5) is 0 Å². The van der Waals surface area contributed by atoms with Gasteiger partial charge < -0.3 is 15.3 Å². The Hall–Kier alpha value is -0.706. The number of aliphatic hydroxyl groups is 3. The molecular weight excluding hydrogens is 276 g/mol. The predicted octanol–water partition coefficient (Wildman–Crippen LogP) is 2.20. The molecule has 0 aromatic heterocycles. The minimum atomic E-state index is 0. The Morgan fingerprint density at radius 1 is 0.789 bits per heavy atom. The minimum Gasteiger partial charge on any atom is -0.400 e. The average Bonchev–Trinajstić information content (AvgIpc) is 3.21. The van der Waals surface area contributed by atoms with E-state index in [1.54, 1.807) is 0 Å². The predicted molar refractivity (Wildman–Crippen MR) is 77.9 cm³/mol. The second-order valence-corrected chi connectivity index (χ2v) is 2.61. The molecule has 3 nitrogen and oxygen atoms in total. The van der Waals surface area contributed by atoms with Crippen LogP contribution in [0.15, 0.2) is 54.6 Å². The fraction of sp³-hybridized carbons (Fsp3) is 0.333. The first-order valence-corrected chi connectivity index (χ1v) is 5.65. The van der Waals surface area contributed by atoms with E-state index in [1.807, 2.05) is 30.3 Å². The maximum Gasteiger partial charge on any atom is 2.00 e. The van der Waals surface area contributed by atoms with Crippen LogP contribution in [-0.2, 0) is 28.1 Å². The van der Waals surface area contributed by atoms with Crippen LogP contribution in [0.25, 0.3) is 0 Å². The van der Waals surface area contributed by atoms with Gasteiger partial charge in [0.2, 0.25) is 0 Å². The Morgan fingerprint density at radius 2 is 1.16 bits per heavy atom. The topological polar surface area (TPSA) is 60.7 Å². The summed E-state index contributed by atoms with van der Waals surface area (Å²) in [5.74, 6) is 0. The van der Waals surface area contributed by atoms with Gasteiger partial charge in [-0.25, -0.2) is 24.3 Å². The van der Waals surface area contributed by atoms with Gasteiger partial charge in [-0.1, -0.05) is 13.3 Å². The Labute approximate surface area is 132 Å². The Bertz CT molecular complexity index is 248. The zero-order valence-electron chi connectivity index (χ0n) is 12.2. The van der Waals surface area contributed by atoms with Gasteiger partial charge in [0.15, 0.2) is 0 Å². The van der Waals surface area contributed by atoms with Gasteiger partial charge in [-0.2, -0.15) is 35.9 Å². The standard InChI is InChI=1S/C7H9.C5H5.3CH4O.Ti/c1-2-7-5-3-4-6-7;1-2-4-5-3-1;3*1-2;/h3-6H,2H2,1H3;1-5H;3*2H,1H3;/q2*-1;;;;+2. The zero-order chi connectivity index (χ0) is 14.6. The zero-order valence-corrected chi connectivity index (χ0v) is 13.8. The van der Waals surface area contributed by atoms with Crippen molar-refractivity contribution in [1.82, 2.24) is 0 Å². The maximum absolute atomic E-state index is 7.00. The molecule has 2 rings (SSSR count). The van der Waals surface area contributed by atoms with Crippen LogP contribution in [0.3, 0.4) is 0 Å². The van der Waals surface area contributed by atoms with Gasteiger partial charge in [-0.05, 0) is 0 Å². The fourth-order valence-corrected chi connectivity index (χ4v) is 0.970. The van der Waals surface area contributed by atoms with E-state index in [0.717, 1.165) is 27.8 Å². The van der Waals surface area contributed by atoms with Gasteiger partial charge in [-0.15, -0.1) is 0 Å². The first-order valence-electron chi connectivity index (χ1n) is 5.65. The second-order valence-electron chi connectivity index (χ2n) is 2.61. The summed E-state index contributed by atoms with van der Waals surface area (Å²) in [6.07, 6.45) is 1.16. The van der Waals surface area contributed by atoms with Crippen molar-refractivity contribution in [2.45, 2.75) is 13.3 Å². The number of rotatable bonds is 1. The number of aryl methyl sites for hydroxylation is 1. The molecule has 0 amide bonds. The van der Waals surface area contributed by atoms with E-state index in [9.17, 15) is 0 Å². The first-order chi connectivity index (χ1) is 8.93. The largest absolute Gasteiger partial charge is 2.00 e. The summed E-state index contributed by atoms with van der Waals surface area (Å²) in [5, 5.41) is 21.0. The molecule has 0 spiro atoms. The van der Waals surface area contributed by atoms with E-state index >= 15 is 0 Å². The van der Waals surface area contributed by atoms with Gasteiger partial charge in [0.1, 0.15) is 0 Å². The molecule has 0 saturated heterocycles. The van der Waals surface area contributed by atoms with Crippen LogP contribution < -0.4 is 0 Å². The van der Waals surface area contributed by atoms with Crippen molar-refractivity contribution in [1.29, 1.82) is 0 Å². The molecule has 108 valence electrons. The molecule has 4 heteroatoms. The van der Waals surface area contributed by atoms with E-state index in [4.69, 9.17) is 15.3 Å². The molecule has 2 aromatic rings. The minimum absolute atomic E-state index is 0. The number of hydrogen-bond acceptors (Lipinski definition) is 3. The molecule has 0 aliphatic heterocycles. The smallest absolute Gasteiger partial charge is 0.400 e. The third-order valence-electron chi connectivity index (χ3n) is 1.70. The van der Waals surface area contributed by atoms with Crippen molar-refractivity contribution in [3.8, 4) is 0 Å². The van der Waals surface area contributed by atoms with Gasteiger partial charge in [0.05, 0.1) is 0 Å². The third kappa shape index (κ3) is 22.9. The van der Waals surface area contributed by atoms with E-state index < -0.39 is 0 Å². The van der Waals surface area contributed by atoms with Crippen LogP contribution in [0, 0.1) is 0 Å². The van der Waals surface area contributed by atoms with Gasteiger partial charge in [0, 0.05) is 21.3 Å². The second kappa shape index (κ2) is 30.4. The van der Waals surface area contributed by atoms with Gasteiger partial charge in [0.25, 0.3) is 0 Å². The molecule has 19 heavy (non-hydrogen) atoms. The normalized spacial score (nSPS) is 6.47. The molecule has 0 fully saturated rings. The van der Waals surface area contributed by atoms with E-state index in [-0.39, 0.29) is 21.7 Å². The third-order valence-corrected chi connectivity index (χ3v) is 1.70. The van der Waals surface area contributed by atoms with Crippen molar-refractivity contribution in [3.63, 3.8) is 0 Å². The molecule has 2 aromatic carbocycles. The summed E-state index contributed by atoms with van der Waals surface area (Å²) >= 11 is 0. The molecule has 0 unspecified atom stereocenters. The monoisotopic (exact) mass is 302 g/mol. The summed E-state index contributed by atoms with van der Waals surface area (Å²) in [5.41, 5.74) is 1.43. The van der Waals surface area contributed by atoms with Crippen molar-refractivity contribution in [2.24, 2.45) is 0 Å². The van der Waals surface area contributed by atoms with Crippen molar-refractivity contribution < 1.29 is 37.0 Å². The van der Waals surface area contributed by atoms with Crippen molar-refractivity contribution >= 4 is 0 Å². The van der Waals surface area contributed by atoms with Gasteiger partial charge >= 0.3 is 21.7 Å². The van der Waals surface area contributed by atoms with Gasteiger partial charge in [-0.3, -0.25) is 0 Å². The molecular formula is C15H26O3Ti. The average molecular weight is 302 g/mol. The van der Waals surface area contributed by atoms with Crippen molar-refractivity contribution in [3.05, 3.63) is 60.2 Å². The Kier molecular flexibility index (Phi) is 42.8. The summed E-state index contributed by atoms with van der Waals surface area (Å²) in [4.78, 5) is 0. The summed E-state index contributed by atoms with van der Waals surface area (Å²) in [7, 11) is 3.00. The maximum atomic E-state index is 7.00. The number of hydrogen-bond donors (Lipinski definition) is 3. The molecule has 0 radical (unpaired) electrons. The molecule has 0 bridgehead atoms. The molecule has 0 atom stereocenters. The summed E-state index contributed by atoms with van der Waals surface area (Å²) in [6.45, 7) is 2.16. The van der Waals surface area contributed by atoms with E-state index in [1.165, 1.54) is 5.56 Å². The molecule has 0 saturated carbocycles. The quantitative estimate of drug-likeness (QED) is 0.559. The van der Waals surface area contributed by atoms with Crippen LogP contribution in [0.5, 0.6) is 0 Å². The molecule has 0 aliphatic rings. The van der Waals surface area contributed by atoms with Crippen molar-refractivity contribution in [2.75, 3.05) is 21.3 Å². The molecule has 0 heterocycles. The van der Waals surface area contributed by atoms with Crippen LogP contribution in [0.1, 0.15) is 12.5 Å². The Balaban J connectivity index is -0.0000000838. The van der Waals surface area contributed by atoms with Crippen LogP contribution >= 0.6 is 0 Å². The molecule has 3 N–H and O–H groups in total. The van der Waals surface area contributed by atoms with Crippen LogP contribution in [0.2, 0.25) is 0 Å². The van der Waals surface area contributed by atoms with E-state index in [2.05, 4.69) is 31.2 Å². The number of aliphatic hydroxyl groups excluding tert-OH is 3.